The molecule has 5 nitrogen and oxygen atoms in total. The molecule has 0 amide bonds. The van der Waals surface area contributed by atoms with E-state index in [4.69, 9.17) is 9.26 Å². The van der Waals surface area contributed by atoms with Gasteiger partial charge in [0.25, 0.3) is 0 Å². The molecule has 1 aromatic heterocycles. The van der Waals surface area contributed by atoms with Crippen LogP contribution in [0.4, 0.5) is 8.78 Å². The van der Waals surface area contributed by atoms with Gasteiger partial charge in [0.1, 0.15) is 11.6 Å². The number of benzene rings is 2. The van der Waals surface area contributed by atoms with Crippen molar-refractivity contribution >= 4 is 0 Å². The summed E-state index contributed by atoms with van der Waals surface area (Å²) in [6, 6.07) is 11.2. The van der Waals surface area contributed by atoms with Crippen LogP contribution in [0.3, 0.4) is 0 Å². The number of rotatable bonds is 4. The number of aromatic nitrogens is 2. The number of morpholine rings is 1. The van der Waals surface area contributed by atoms with E-state index in [9.17, 15) is 8.78 Å². The molecule has 7 heteroatoms. The molecule has 0 spiro atoms. The number of aryl methyl sites for hydroxylation is 1. The lowest BCUT2D eigenvalue weighted by atomic mass is 10.1. The molecule has 140 valence electrons. The summed E-state index contributed by atoms with van der Waals surface area (Å²) in [5.74, 6) is 0.268. The summed E-state index contributed by atoms with van der Waals surface area (Å²) in [5, 5.41) is 3.96. The van der Waals surface area contributed by atoms with Gasteiger partial charge in [-0.3, -0.25) is 4.90 Å². The van der Waals surface area contributed by atoms with E-state index in [1.54, 1.807) is 31.2 Å². The second kappa shape index (κ2) is 7.54. The van der Waals surface area contributed by atoms with Gasteiger partial charge >= 0.3 is 0 Å². The summed E-state index contributed by atoms with van der Waals surface area (Å²) in [5.41, 5.74) is 2.09. The van der Waals surface area contributed by atoms with Gasteiger partial charge in [-0.05, 0) is 36.2 Å². The minimum Gasteiger partial charge on any atom is -0.371 e. The zero-order valence-electron chi connectivity index (χ0n) is 14.9. The van der Waals surface area contributed by atoms with Crippen molar-refractivity contribution < 1.29 is 18.0 Å². The van der Waals surface area contributed by atoms with Crippen LogP contribution in [-0.2, 0) is 11.3 Å². The minimum absolute atomic E-state index is 0.132. The first-order valence-corrected chi connectivity index (χ1v) is 8.77. The standard InChI is InChI=1S/C20H19F2N3O2/c1-13-2-3-15(10-17(13)22)20-23-19(27-24-20)12-25-8-9-26-18(11-25)14-4-6-16(21)7-5-14/h2-7,10,18H,8-9,11-12H2,1H3/t18-/m0/s1. The van der Waals surface area contributed by atoms with Crippen molar-refractivity contribution in [1.82, 2.24) is 15.0 Å². The fourth-order valence-electron chi connectivity index (χ4n) is 3.08. The maximum Gasteiger partial charge on any atom is 0.241 e. The molecule has 1 fully saturated rings. The van der Waals surface area contributed by atoms with Crippen LogP contribution in [0.15, 0.2) is 47.0 Å². The topological polar surface area (TPSA) is 51.4 Å². The van der Waals surface area contributed by atoms with Gasteiger partial charge < -0.3 is 9.26 Å². The van der Waals surface area contributed by atoms with Crippen molar-refractivity contribution in [3.05, 3.63) is 71.1 Å². The molecule has 0 bridgehead atoms. The SMILES string of the molecule is Cc1ccc(-c2noc(CN3CCO[C@H](c4ccc(F)cc4)C3)n2)cc1F. The Hall–Kier alpha value is -2.64. The van der Waals surface area contributed by atoms with Crippen LogP contribution in [0, 0.1) is 18.6 Å². The smallest absolute Gasteiger partial charge is 0.241 e. The maximum atomic E-state index is 13.7. The van der Waals surface area contributed by atoms with Gasteiger partial charge in [-0.25, -0.2) is 8.78 Å². The van der Waals surface area contributed by atoms with E-state index in [1.807, 2.05) is 0 Å². The van der Waals surface area contributed by atoms with Gasteiger partial charge in [0.2, 0.25) is 11.7 Å². The molecule has 1 aliphatic heterocycles. The predicted octanol–water partition coefficient (Wildman–Crippen LogP) is 3.90. The molecule has 1 saturated heterocycles. The lowest BCUT2D eigenvalue weighted by Gasteiger charge is -2.32. The van der Waals surface area contributed by atoms with Gasteiger partial charge in [-0.2, -0.15) is 4.98 Å². The second-order valence-electron chi connectivity index (χ2n) is 6.62. The largest absolute Gasteiger partial charge is 0.371 e. The molecule has 0 N–H and O–H groups in total. The number of hydrogen-bond acceptors (Lipinski definition) is 5. The minimum atomic E-state index is -0.297. The third-order valence-electron chi connectivity index (χ3n) is 4.65. The molecule has 1 atom stereocenters. The highest BCUT2D eigenvalue weighted by molar-refractivity contribution is 5.54. The quantitative estimate of drug-likeness (QED) is 0.696. The first kappa shape index (κ1) is 17.8. The van der Waals surface area contributed by atoms with E-state index in [0.29, 0.717) is 42.5 Å². The monoisotopic (exact) mass is 371 g/mol. The van der Waals surface area contributed by atoms with Crippen LogP contribution in [0.2, 0.25) is 0 Å². The lowest BCUT2D eigenvalue weighted by molar-refractivity contribution is -0.0356. The summed E-state index contributed by atoms with van der Waals surface area (Å²) >= 11 is 0. The van der Waals surface area contributed by atoms with Gasteiger partial charge in [0.15, 0.2) is 0 Å². The van der Waals surface area contributed by atoms with Crippen LogP contribution in [0.1, 0.15) is 23.1 Å². The molecule has 4 rings (SSSR count). The Balaban J connectivity index is 1.44. The highest BCUT2D eigenvalue weighted by Crippen LogP contribution is 2.24. The molecule has 0 unspecified atom stereocenters. The Morgan fingerprint density at radius 2 is 1.96 bits per heavy atom. The molecule has 2 heterocycles. The molecule has 3 aromatic rings. The van der Waals surface area contributed by atoms with Crippen molar-refractivity contribution in [2.45, 2.75) is 19.6 Å². The van der Waals surface area contributed by atoms with Gasteiger partial charge in [0, 0.05) is 18.7 Å². The van der Waals surface area contributed by atoms with Crippen LogP contribution in [0.5, 0.6) is 0 Å². The number of hydrogen-bond donors (Lipinski definition) is 0. The van der Waals surface area contributed by atoms with Crippen LogP contribution < -0.4 is 0 Å². The molecule has 27 heavy (non-hydrogen) atoms. The van der Waals surface area contributed by atoms with Crippen molar-refractivity contribution in [3.8, 4) is 11.4 Å². The Morgan fingerprint density at radius 1 is 1.15 bits per heavy atom. The van der Waals surface area contributed by atoms with Crippen molar-refractivity contribution in [2.75, 3.05) is 19.7 Å². The molecular weight excluding hydrogens is 352 g/mol. The lowest BCUT2D eigenvalue weighted by Crippen LogP contribution is -2.37. The Kier molecular flexibility index (Phi) is 4.96. The summed E-state index contributed by atoms with van der Waals surface area (Å²) in [4.78, 5) is 6.52. The van der Waals surface area contributed by atoms with Crippen LogP contribution >= 0.6 is 0 Å². The molecular formula is C20H19F2N3O2. The normalized spacial score (nSPS) is 18.0. The van der Waals surface area contributed by atoms with E-state index in [2.05, 4.69) is 15.0 Å². The first-order valence-electron chi connectivity index (χ1n) is 8.77. The summed E-state index contributed by atoms with van der Waals surface area (Å²) in [6.45, 7) is 4.11. The second-order valence-corrected chi connectivity index (χ2v) is 6.62. The maximum absolute atomic E-state index is 13.7. The van der Waals surface area contributed by atoms with Gasteiger partial charge in [-0.1, -0.05) is 29.4 Å². The highest BCUT2D eigenvalue weighted by Gasteiger charge is 2.24. The highest BCUT2D eigenvalue weighted by atomic mass is 19.1. The number of halogens is 2. The first-order chi connectivity index (χ1) is 13.1. The molecule has 0 radical (unpaired) electrons. The molecule has 1 aliphatic rings. The average molecular weight is 371 g/mol. The Labute approximate surface area is 155 Å². The van der Waals surface area contributed by atoms with E-state index >= 15 is 0 Å². The number of nitrogens with zero attached hydrogens (tertiary/aromatic N) is 3. The van der Waals surface area contributed by atoms with E-state index in [-0.39, 0.29) is 17.7 Å². The summed E-state index contributed by atoms with van der Waals surface area (Å²) in [6.07, 6.45) is -0.132. The van der Waals surface area contributed by atoms with Crippen molar-refractivity contribution in [2.24, 2.45) is 0 Å². The van der Waals surface area contributed by atoms with Crippen LogP contribution in [-0.4, -0.2) is 34.7 Å². The molecule has 0 aliphatic carbocycles. The van der Waals surface area contributed by atoms with Crippen LogP contribution in [0.25, 0.3) is 11.4 Å². The molecule has 2 aromatic carbocycles. The van der Waals surface area contributed by atoms with E-state index in [1.165, 1.54) is 18.2 Å². The van der Waals surface area contributed by atoms with Crippen molar-refractivity contribution in [3.63, 3.8) is 0 Å². The predicted molar refractivity (Wildman–Crippen MR) is 94.8 cm³/mol. The van der Waals surface area contributed by atoms with Gasteiger partial charge in [0.05, 0.1) is 19.3 Å². The third-order valence-corrected chi connectivity index (χ3v) is 4.65. The zero-order chi connectivity index (χ0) is 18.8. The Bertz CT molecular complexity index is 927. The zero-order valence-corrected chi connectivity index (χ0v) is 14.9. The Morgan fingerprint density at radius 3 is 2.74 bits per heavy atom. The summed E-state index contributed by atoms with van der Waals surface area (Å²) < 4.78 is 38.0. The van der Waals surface area contributed by atoms with Gasteiger partial charge in [-0.15, -0.1) is 0 Å². The number of ether oxygens (including phenoxy) is 1. The van der Waals surface area contributed by atoms with Crippen molar-refractivity contribution in [1.29, 1.82) is 0 Å². The summed E-state index contributed by atoms with van der Waals surface area (Å²) in [7, 11) is 0. The fraction of sp³-hybridized carbons (Fsp3) is 0.300. The van der Waals surface area contributed by atoms with E-state index in [0.717, 1.165) is 12.1 Å². The fourth-order valence-corrected chi connectivity index (χ4v) is 3.08. The van der Waals surface area contributed by atoms with E-state index < -0.39 is 0 Å². The average Bonchev–Trinajstić information content (AvgIpc) is 3.13. The third kappa shape index (κ3) is 4.04. The molecule has 0 saturated carbocycles.